The third kappa shape index (κ3) is 5.57. The van der Waals surface area contributed by atoms with Crippen molar-refractivity contribution in [3.8, 4) is 11.3 Å². The van der Waals surface area contributed by atoms with Gasteiger partial charge in [0, 0.05) is 16.8 Å². The average molecular weight is 635 g/mol. The van der Waals surface area contributed by atoms with E-state index in [4.69, 9.17) is 9.51 Å². The Kier molecular flexibility index (Phi) is 7.28. The molecule has 1 aliphatic heterocycles. The minimum Gasteiger partial charge on any atom is -0.337 e. The fraction of sp³-hybridized carbons (Fsp3) is 0.267. The van der Waals surface area contributed by atoms with Crippen LogP contribution in [0.3, 0.4) is 0 Å². The van der Waals surface area contributed by atoms with Crippen molar-refractivity contribution in [3.05, 3.63) is 82.7 Å². The standard InChI is InChI=1S/C30H30N6O6S2/c1-17-5-7-21(8-6-17)26-15-25(27-20(4)33-36(28(27)32-26)23-13-14-43(38,39)16-23)29(37)31-22-9-11-24(12-10-22)44(40,41)35-30-18(2)19(3)34-42-30/h5-12,15,23,35H,13-14,16H2,1-4H3,(H,31,37). The first-order valence-electron chi connectivity index (χ1n) is 13.9. The van der Waals surface area contributed by atoms with Gasteiger partial charge in [0.1, 0.15) is 0 Å². The van der Waals surface area contributed by atoms with E-state index in [1.54, 1.807) is 31.5 Å². The number of hydrogen-bond donors (Lipinski definition) is 2. The number of amides is 1. The number of pyridine rings is 1. The number of benzene rings is 2. The van der Waals surface area contributed by atoms with Gasteiger partial charge in [-0.05, 0) is 64.4 Å². The Bertz CT molecular complexity index is 2130. The maximum atomic E-state index is 13.8. The number of rotatable bonds is 7. The van der Waals surface area contributed by atoms with Crippen LogP contribution < -0.4 is 10.0 Å². The van der Waals surface area contributed by atoms with E-state index in [-0.39, 0.29) is 28.3 Å². The molecule has 228 valence electrons. The smallest absolute Gasteiger partial charge is 0.264 e. The first-order chi connectivity index (χ1) is 20.8. The summed E-state index contributed by atoms with van der Waals surface area (Å²) in [5.74, 6) is -0.380. The summed E-state index contributed by atoms with van der Waals surface area (Å²) < 4.78 is 59.5. The Hall–Kier alpha value is -4.56. The van der Waals surface area contributed by atoms with E-state index < -0.39 is 25.8 Å². The van der Waals surface area contributed by atoms with Crippen LogP contribution in [0.2, 0.25) is 0 Å². The molecule has 1 amide bonds. The lowest BCUT2D eigenvalue weighted by Gasteiger charge is -2.13. The van der Waals surface area contributed by atoms with Crippen molar-refractivity contribution < 1.29 is 26.2 Å². The van der Waals surface area contributed by atoms with Gasteiger partial charge in [0.2, 0.25) is 5.88 Å². The van der Waals surface area contributed by atoms with Gasteiger partial charge in [-0.3, -0.25) is 4.79 Å². The van der Waals surface area contributed by atoms with Crippen molar-refractivity contribution in [3.63, 3.8) is 0 Å². The molecule has 14 heteroatoms. The summed E-state index contributed by atoms with van der Waals surface area (Å²) in [4.78, 5) is 18.6. The lowest BCUT2D eigenvalue weighted by Crippen LogP contribution is -2.15. The van der Waals surface area contributed by atoms with Crippen LogP contribution in [-0.4, -0.2) is 54.2 Å². The topological polar surface area (TPSA) is 166 Å². The highest BCUT2D eigenvalue weighted by Crippen LogP contribution is 2.33. The van der Waals surface area contributed by atoms with E-state index in [9.17, 15) is 21.6 Å². The zero-order valence-electron chi connectivity index (χ0n) is 24.4. The molecule has 0 aliphatic carbocycles. The van der Waals surface area contributed by atoms with Crippen molar-refractivity contribution in [2.24, 2.45) is 0 Å². The Balaban J connectivity index is 1.35. The van der Waals surface area contributed by atoms with E-state index in [1.807, 2.05) is 31.2 Å². The van der Waals surface area contributed by atoms with Crippen LogP contribution >= 0.6 is 0 Å². The quantitative estimate of drug-likeness (QED) is 0.257. The molecule has 2 N–H and O–H groups in total. The Labute approximate surface area is 254 Å². The number of sulfonamides is 1. The summed E-state index contributed by atoms with van der Waals surface area (Å²) in [5, 5.41) is 11.8. The second kappa shape index (κ2) is 10.9. The average Bonchev–Trinajstić information content (AvgIpc) is 3.62. The highest BCUT2D eigenvalue weighted by molar-refractivity contribution is 7.92. The lowest BCUT2D eigenvalue weighted by atomic mass is 10.0. The van der Waals surface area contributed by atoms with Gasteiger partial charge in [-0.1, -0.05) is 35.0 Å². The molecule has 1 fully saturated rings. The van der Waals surface area contributed by atoms with Gasteiger partial charge >= 0.3 is 0 Å². The zero-order valence-corrected chi connectivity index (χ0v) is 26.1. The molecule has 1 unspecified atom stereocenters. The van der Waals surface area contributed by atoms with E-state index in [2.05, 4.69) is 20.3 Å². The molecule has 3 aromatic heterocycles. The molecule has 0 bridgehead atoms. The predicted octanol–water partition coefficient (Wildman–Crippen LogP) is 4.73. The van der Waals surface area contributed by atoms with Crippen molar-refractivity contribution >= 4 is 48.4 Å². The predicted molar refractivity (Wildman–Crippen MR) is 166 cm³/mol. The molecular formula is C30H30N6O6S2. The normalized spacial score (nSPS) is 16.3. The molecule has 4 heterocycles. The van der Waals surface area contributed by atoms with E-state index in [0.717, 1.165) is 11.1 Å². The third-order valence-corrected chi connectivity index (χ3v) is 10.9. The van der Waals surface area contributed by atoms with Crippen LogP contribution in [0.15, 0.2) is 64.0 Å². The van der Waals surface area contributed by atoms with Crippen molar-refractivity contribution in [2.45, 2.75) is 45.1 Å². The summed E-state index contributed by atoms with van der Waals surface area (Å²) in [6.45, 7) is 7.14. The fourth-order valence-corrected chi connectivity index (χ4v) is 7.93. The third-order valence-electron chi connectivity index (χ3n) is 7.79. The maximum Gasteiger partial charge on any atom is 0.264 e. The molecule has 0 spiro atoms. The zero-order chi connectivity index (χ0) is 31.4. The largest absolute Gasteiger partial charge is 0.337 e. The van der Waals surface area contributed by atoms with E-state index in [1.165, 1.54) is 24.3 Å². The molecule has 6 rings (SSSR count). The second-order valence-corrected chi connectivity index (χ2v) is 14.9. The number of hydrogen-bond acceptors (Lipinski definition) is 9. The van der Waals surface area contributed by atoms with Gasteiger partial charge in [0.05, 0.1) is 50.5 Å². The molecule has 12 nitrogen and oxygen atoms in total. The lowest BCUT2D eigenvalue weighted by molar-refractivity contribution is 0.102. The molecule has 0 radical (unpaired) electrons. The van der Waals surface area contributed by atoms with Gasteiger partial charge < -0.3 is 9.84 Å². The molecule has 0 saturated carbocycles. The van der Waals surface area contributed by atoms with E-state index >= 15 is 0 Å². The Morgan fingerprint density at radius 2 is 1.70 bits per heavy atom. The Morgan fingerprint density at radius 1 is 1.00 bits per heavy atom. The molecule has 1 saturated heterocycles. The highest BCUT2D eigenvalue weighted by atomic mass is 32.2. The minimum atomic E-state index is -3.97. The van der Waals surface area contributed by atoms with Crippen LogP contribution in [0.4, 0.5) is 11.6 Å². The first-order valence-corrected chi connectivity index (χ1v) is 17.2. The number of nitrogens with one attached hydrogen (secondary N) is 2. The summed E-state index contributed by atoms with van der Waals surface area (Å²) in [6.07, 6.45) is 0.413. The van der Waals surface area contributed by atoms with Crippen LogP contribution in [0.1, 0.15) is 45.3 Å². The number of carbonyl (C=O) groups excluding carboxylic acids is 1. The van der Waals surface area contributed by atoms with E-state index in [0.29, 0.717) is 51.4 Å². The van der Waals surface area contributed by atoms with Gasteiger partial charge in [-0.25, -0.2) is 31.2 Å². The summed E-state index contributed by atoms with van der Waals surface area (Å²) >= 11 is 0. The van der Waals surface area contributed by atoms with Crippen LogP contribution in [0.5, 0.6) is 0 Å². The van der Waals surface area contributed by atoms with Crippen LogP contribution in [-0.2, 0) is 19.9 Å². The number of sulfone groups is 1. The number of anilines is 2. The molecule has 44 heavy (non-hydrogen) atoms. The van der Waals surface area contributed by atoms with Gasteiger partial charge in [-0.15, -0.1) is 0 Å². The van der Waals surface area contributed by atoms with Gasteiger partial charge in [0.25, 0.3) is 15.9 Å². The molecule has 1 atom stereocenters. The van der Waals surface area contributed by atoms with Gasteiger partial charge in [-0.2, -0.15) is 5.10 Å². The summed E-state index contributed by atoms with van der Waals surface area (Å²) in [5.41, 5.74) is 5.20. The molecule has 5 aromatic rings. The van der Waals surface area contributed by atoms with Crippen molar-refractivity contribution in [1.29, 1.82) is 0 Å². The molecule has 2 aromatic carbocycles. The number of carbonyl (C=O) groups is 1. The number of fused-ring (bicyclic) bond motifs is 1. The maximum absolute atomic E-state index is 13.8. The summed E-state index contributed by atoms with van der Waals surface area (Å²) in [6, 6.07) is 14.7. The number of nitrogens with zero attached hydrogens (tertiary/aromatic N) is 4. The fourth-order valence-electron chi connectivity index (χ4n) is 5.19. The van der Waals surface area contributed by atoms with Crippen molar-refractivity contribution in [1.82, 2.24) is 19.9 Å². The highest BCUT2D eigenvalue weighted by Gasteiger charge is 2.32. The molecule has 1 aliphatic rings. The number of aromatic nitrogens is 4. The minimum absolute atomic E-state index is 0.0273. The van der Waals surface area contributed by atoms with Crippen molar-refractivity contribution in [2.75, 3.05) is 21.5 Å². The van der Waals surface area contributed by atoms with Gasteiger partial charge in [0.15, 0.2) is 15.5 Å². The van der Waals surface area contributed by atoms with Crippen LogP contribution in [0.25, 0.3) is 22.3 Å². The SMILES string of the molecule is Cc1ccc(-c2cc(C(=O)Nc3ccc(S(=O)(=O)Nc4onc(C)c4C)cc3)c3c(C)nn(C4CCS(=O)(=O)C4)c3n2)cc1. The first kappa shape index (κ1) is 29.5. The second-order valence-electron chi connectivity index (χ2n) is 11.0. The number of aryl methyl sites for hydroxylation is 3. The Morgan fingerprint density at radius 3 is 2.32 bits per heavy atom. The monoisotopic (exact) mass is 634 g/mol. The molecular weight excluding hydrogens is 605 g/mol. The summed E-state index contributed by atoms with van der Waals surface area (Å²) in [7, 11) is -7.16. The van der Waals surface area contributed by atoms with Crippen LogP contribution in [0, 0.1) is 27.7 Å².